The van der Waals surface area contributed by atoms with Crippen molar-refractivity contribution in [1.82, 2.24) is 5.32 Å². The molecule has 2 N–H and O–H groups in total. The predicted octanol–water partition coefficient (Wildman–Crippen LogP) is 0.887. The second-order valence-electron chi connectivity index (χ2n) is 3.19. The molecule has 0 fully saturated rings. The summed E-state index contributed by atoms with van der Waals surface area (Å²) in [4.78, 5) is 0. The van der Waals surface area contributed by atoms with Crippen molar-refractivity contribution in [2.45, 2.75) is 12.5 Å². The molecule has 0 aliphatic heterocycles. The van der Waals surface area contributed by atoms with E-state index in [-0.39, 0.29) is 0 Å². The second kappa shape index (κ2) is 6.95. The second-order valence-corrected chi connectivity index (χ2v) is 3.97. The van der Waals surface area contributed by atoms with Crippen molar-refractivity contribution in [2.24, 2.45) is 0 Å². The highest BCUT2D eigenvalue weighted by molar-refractivity contribution is 7.07. The molecule has 0 radical (unpaired) electrons. The molecule has 14 heavy (non-hydrogen) atoms. The van der Waals surface area contributed by atoms with Crippen LogP contribution in [0.15, 0.2) is 16.8 Å². The van der Waals surface area contributed by atoms with E-state index in [0.29, 0.717) is 13.2 Å². The van der Waals surface area contributed by atoms with Gasteiger partial charge in [0, 0.05) is 13.7 Å². The van der Waals surface area contributed by atoms with E-state index in [9.17, 15) is 5.11 Å². The quantitative estimate of drug-likeness (QED) is 0.664. The van der Waals surface area contributed by atoms with Gasteiger partial charge in [-0.05, 0) is 35.4 Å². The SMILES string of the molecule is COCC(O)CNCCc1ccsc1. The van der Waals surface area contributed by atoms with Gasteiger partial charge in [-0.25, -0.2) is 0 Å². The molecule has 1 unspecified atom stereocenters. The molecule has 80 valence electrons. The van der Waals surface area contributed by atoms with Crippen LogP contribution in [0.4, 0.5) is 0 Å². The van der Waals surface area contributed by atoms with E-state index in [1.54, 1.807) is 18.4 Å². The summed E-state index contributed by atoms with van der Waals surface area (Å²) in [6.07, 6.45) is 0.617. The van der Waals surface area contributed by atoms with Crippen molar-refractivity contribution in [2.75, 3.05) is 26.8 Å². The van der Waals surface area contributed by atoms with Crippen LogP contribution >= 0.6 is 11.3 Å². The Morgan fingerprint density at radius 1 is 1.64 bits per heavy atom. The molecule has 0 bridgehead atoms. The lowest BCUT2D eigenvalue weighted by Crippen LogP contribution is -2.31. The van der Waals surface area contributed by atoms with E-state index in [1.807, 2.05) is 0 Å². The van der Waals surface area contributed by atoms with Crippen molar-refractivity contribution >= 4 is 11.3 Å². The molecule has 1 atom stereocenters. The molecular weight excluding hydrogens is 198 g/mol. The zero-order valence-corrected chi connectivity index (χ0v) is 9.22. The Morgan fingerprint density at radius 3 is 3.14 bits per heavy atom. The molecule has 0 amide bonds. The summed E-state index contributed by atoms with van der Waals surface area (Å²) < 4.78 is 4.82. The number of hydrogen-bond acceptors (Lipinski definition) is 4. The predicted molar refractivity (Wildman–Crippen MR) is 58.8 cm³/mol. The first-order chi connectivity index (χ1) is 6.83. The molecule has 0 aromatic carbocycles. The third kappa shape index (κ3) is 4.72. The Bertz CT molecular complexity index is 226. The summed E-state index contributed by atoms with van der Waals surface area (Å²) in [7, 11) is 1.59. The van der Waals surface area contributed by atoms with E-state index in [1.165, 1.54) is 5.56 Å². The third-order valence-electron chi connectivity index (χ3n) is 1.91. The van der Waals surface area contributed by atoms with Gasteiger partial charge in [0.15, 0.2) is 0 Å². The molecule has 0 aliphatic rings. The summed E-state index contributed by atoms with van der Waals surface area (Å²) in [6, 6.07) is 2.12. The van der Waals surface area contributed by atoms with Gasteiger partial charge in [-0.2, -0.15) is 11.3 Å². The van der Waals surface area contributed by atoms with Crippen molar-refractivity contribution in [3.63, 3.8) is 0 Å². The van der Waals surface area contributed by atoms with Crippen LogP contribution < -0.4 is 5.32 Å². The van der Waals surface area contributed by atoms with Gasteiger partial charge in [0.25, 0.3) is 0 Å². The Kier molecular flexibility index (Phi) is 5.78. The van der Waals surface area contributed by atoms with E-state index in [4.69, 9.17) is 4.74 Å². The highest BCUT2D eigenvalue weighted by Gasteiger charge is 2.01. The first-order valence-corrected chi connectivity index (χ1v) is 5.66. The zero-order valence-electron chi connectivity index (χ0n) is 8.40. The summed E-state index contributed by atoms with van der Waals surface area (Å²) in [5.74, 6) is 0. The van der Waals surface area contributed by atoms with Gasteiger partial charge < -0.3 is 15.2 Å². The number of aliphatic hydroxyl groups is 1. The molecule has 3 nitrogen and oxygen atoms in total. The van der Waals surface area contributed by atoms with Crippen molar-refractivity contribution < 1.29 is 9.84 Å². The van der Waals surface area contributed by atoms with E-state index >= 15 is 0 Å². The molecule has 0 saturated heterocycles. The summed E-state index contributed by atoms with van der Waals surface area (Å²) >= 11 is 1.71. The standard InChI is InChI=1S/C10H17NO2S/c1-13-7-10(12)6-11-4-2-9-3-5-14-8-9/h3,5,8,10-12H,2,4,6-7H2,1H3. The first kappa shape index (κ1) is 11.7. The molecule has 4 heteroatoms. The van der Waals surface area contributed by atoms with Gasteiger partial charge in [0.05, 0.1) is 12.7 Å². The van der Waals surface area contributed by atoms with Gasteiger partial charge in [0.1, 0.15) is 0 Å². The Morgan fingerprint density at radius 2 is 2.50 bits per heavy atom. The Hall–Kier alpha value is -0.420. The van der Waals surface area contributed by atoms with E-state index < -0.39 is 6.10 Å². The van der Waals surface area contributed by atoms with Gasteiger partial charge in [0.2, 0.25) is 0 Å². The topological polar surface area (TPSA) is 41.5 Å². The number of thiophene rings is 1. The zero-order chi connectivity index (χ0) is 10.2. The normalized spacial score (nSPS) is 13.0. The average Bonchev–Trinajstić information content (AvgIpc) is 2.65. The lowest BCUT2D eigenvalue weighted by Gasteiger charge is -2.09. The first-order valence-electron chi connectivity index (χ1n) is 4.71. The molecular formula is C10H17NO2S. The number of rotatable bonds is 7. The van der Waals surface area contributed by atoms with Gasteiger partial charge in [-0.3, -0.25) is 0 Å². The fraction of sp³-hybridized carbons (Fsp3) is 0.600. The van der Waals surface area contributed by atoms with Crippen LogP contribution in [0.3, 0.4) is 0 Å². The Labute approximate surface area is 88.7 Å². The van der Waals surface area contributed by atoms with Crippen LogP contribution in [0.25, 0.3) is 0 Å². The van der Waals surface area contributed by atoms with Gasteiger partial charge in [-0.15, -0.1) is 0 Å². The summed E-state index contributed by atoms with van der Waals surface area (Å²) in [6.45, 7) is 1.89. The van der Waals surface area contributed by atoms with Gasteiger partial charge in [-0.1, -0.05) is 0 Å². The number of aliphatic hydroxyl groups excluding tert-OH is 1. The fourth-order valence-corrected chi connectivity index (χ4v) is 1.89. The highest BCUT2D eigenvalue weighted by Crippen LogP contribution is 2.05. The minimum atomic E-state index is -0.400. The Balaban J connectivity index is 1.99. The summed E-state index contributed by atoms with van der Waals surface area (Å²) in [5.41, 5.74) is 1.35. The average molecular weight is 215 g/mol. The van der Waals surface area contributed by atoms with Crippen LogP contribution in [-0.2, 0) is 11.2 Å². The van der Waals surface area contributed by atoms with Crippen LogP contribution in [0.2, 0.25) is 0 Å². The molecule has 0 saturated carbocycles. The molecule has 1 heterocycles. The van der Waals surface area contributed by atoms with Gasteiger partial charge >= 0.3 is 0 Å². The largest absolute Gasteiger partial charge is 0.389 e. The van der Waals surface area contributed by atoms with E-state index in [2.05, 4.69) is 22.1 Å². The summed E-state index contributed by atoms with van der Waals surface area (Å²) in [5, 5.41) is 16.7. The minimum Gasteiger partial charge on any atom is -0.389 e. The fourth-order valence-electron chi connectivity index (χ4n) is 1.19. The molecule has 1 aromatic heterocycles. The molecule has 1 aromatic rings. The van der Waals surface area contributed by atoms with Crippen LogP contribution in [0, 0.1) is 0 Å². The van der Waals surface area contributed by atoms with Crippen molar-refractivity contribution in [3.05, 3.63) is 22.4 Å². The number of hydrogen-bond donors (Lipinski definition) is 2. The number of methoxy groups -OCH3 is 1. The number of ether oxygens (including phenoxy) is 1. The maximum Gasteiger partial charge on any atom is 0.0897 e. The van der Waals surface area contributed by atoms with Crippen LogP contribution in [0.1, 0.15) is 5.56 Å². The molecule has 1 rings (SSSR count). The van der Waals surface area contributed by atoms with Crippen molar-refractivity contribution in [1.29, 1.82) is 0 Å². The maximum absolute atomic E-state index is 9.32. The van der Waals surface area contributed by atoms with E-state index in [0.717, 1.165) is 13.0 Å². The monoisotopic (exact) mass is 215 g/mol. The minimum absolute atomic E-state index is 0.394. The third-order valence-corrected chi connectivity index (χ3v) is 2.64. The highest BCUT2D eigenvalue weighted by atomic mass is 32.1. The number of nitrogens with one attached hydrogen (secondary N) is 1. The van der Waals surface area contributed by atoms with Crippen LogP contribution in [0.5, 0.6) is 0 Å². The maximum atomic E-state index is 9.32. The lowest BCUT2D eigenvalue weighted by molar-refractivity contribution is 0.0648. The molecule has 0 spiro atoms. The van der Waals surface area contributed by atoms with Crippen LogP contribution in [-0.4, -0.2) is 38.0 Å². The molecule has 0 aliphatic carbocycles. The lowest BCUT2D eigenvalue weighted by atomic mass is 10.2. The van der Waals surface area contributed by atoms with Crippen molar-refractivity contribution in [3.8, 4) is 0 Å². The smallest absolute Gasteiger partial charge is 0.0897 e.